The van der Waals surface area contributed by atoms with Crippen LogP contribution >= 0.6 is 11.7 Å². The Hall–Kier alpha value is -4.64. The Bertz CT molecular complexity index is 1660. The molecule has 10 nitrogen and oxygen atoms in total. The molecule has 0 saturated carbocycles. The molecular formula is C28H27N5O5S. The summed E-state index contributed by atoms with van der Waals surface area (Å²) >= 11 is 1.14. The largest absolute Gasteiger partial charge is 0.512 e. The Morgan fingerprint density at radius 2 is 1.82 bits per heavy atom. The number of aromatic nitrogens is 3. The lowest BCUT2D eigenvalue weighted by Gasteiger charge is -2.20. The zero-order valence-electron chi connectivity index (χ0n) is 21.5. The minimum atomic E-state index is -1.44. The number of nitrogens with two attached hydrogens (primary N) is 1. The number of amides is 2. The Kier molecular flexibility index (Phi) is 7.33. The van der Waals surface area contributed by atoms with Crippen LogP contribution in [0.25, 0.3) is 33.1 Å². The molecule has 3 aromatic carbocycles. The van der Waals surface area contributed by atoms with Crippen LogP contribution < -0.4 is 20.1 Å². The van der Waals surface area contributed by atoms with Gasteiger partial charge in [-0.05, 0) is 60.0 Å². The molecule has 3 N–H and O–H groups in total. The predicted octanol–water partition coefficient (Wildman–Crippen LogP) is 6.11. The smallest absolute Gasteiger partial charge is 0.497 e. The number of fused-ring (bicyclic) bond motifs is 2. The van der Waals surface area contributed by atoms with E-state index in [1.807, 2.05) is 60.0 Å². The van der Waals surface area contributed by atoms with Crippen LogP contribution in [0.1, 0.15) is 25.3 Å². The van der Waals surface area contributed by atoms with E-state index in [1.54, 1.807) is 19.2 Å². The van der Waals surface area contributed by atoms with Gasteiger partial charge < -0.3 is 24.9 Å². The third-order valence-electron chi connectivity index (χ3n) is 6.53. The van der Waals surface area contributed by atoms with Gasteiger partial charge in [0.05, 0.1) is 36.5 Å². The van der Waals surface area contributed by atoms with E-state index >= 15 is 0 Å². The highest BCUT2D eigenvalue weighted by Gasteiger charge is 2.24. The van der Waals surface area contributed by atoms with Gasteiger partial charge in [0, 0.05) is 17.6 Å². The number of nitrogens with zero attached hydrogens (tertiary/aromatic N) is 4. The molecule has 0 aliphatic carbocycles. The first-order valence-corrected chi connectivity index (χ1v) is 13.1. The van der Waals surface area contributed by atoms with E-state index in [4.69, 9.17) is 15.2 Å². The molecule has 2 amide bonds. The normalized spacial score (nSPS) is 11.1. The van der Waals surface area contributed by atoms with Crippen molar-refractivity contribution in [2.24, 2.45) is 5.73 Å². The number of unbranched alkanes of at least 4 members (excludes halogenated alkanes) is 1. The fourth-order valence-corrected chi connectivity index (χ4v) is 5.18. The summed E-state index contributed by atoms with van der Waals surface area (Å²) in [5.74, 6) is 0.823. The number of urea groups is 1. The van der Waals surface area contributed by atoms with Crippen molar-refractivity contribution in [1.82, 2.24) is 13.3 Å². The summed E-state index contributed by atoms with van der Waals surface area (Å²) in [5, 5.41) is 10.4. The first-order chi connectivity index (χ1) is 18.9. The van der Waals surface area contributed by atoms with E-state index < -0.39 is 12.2 Å². The maximum atomic E-state index is 12.3. The van der Waals surface area contributed by atoms with Crippen molar-refractivity contribution in [1.29, 1.82) is 0 Å². The van der Waals surface area contributed by atoms with Crippen LogP contribution in [0.3, 0.4) is 0 Å². The molecule has 0 aliphatic rings. The van der Waals surface area contributed by atoms with Crippen LogP contribution in [0.2, 0.25) is 0 Å². The average Bonchev–Trinajstić information content (AvgIpc) is 3.50. The summed E-state index contributed by atoms with van der Waals surface area (Å²) in [4.78, 5) is 25.8. The maximum Gasteiger partial charge on any atom is 0.512 e. The number of rotatable bonds is 9. The summed E-state index contributed by atoms with van der Waals surface area (Å²) in [5.41, 5.74) is 10.8. The highest BCUT2D eigenvalue weighted by molar-refractivity contribution is 7.00. The SMILES string of the molecule is CCCCN(C(N)=O)c1ccc2c(c1)c(-c1ccc(OC)cc1)c(OC(=O)O)n2Cc1ccc2nsnc2c1. The van der Waals surface area contributed by atoms with E-state index in [2.05, 4.69) is 8.75 Å². The van der Waals surface area contributed by atoms with Gasteiger partial charge in [0.25, 0.3) is 0 Å². The lowest BCUT2D eigenvalue weighted by molar-refractivity contribution is 0.141. The summed E-state index contributed by atoms with van der Waals surface area (Å²) in [6.45, 7) is 2.83. The molecule has 11 heteroatoms. The summed E-state index contributed by atoms with van der Waals surface area (Å²) < 4.78 is 21.2. The van der Waals surface area contributed by atoms with Gasteiger partial charge in [0.1, 0.15) is 16.8 Å². The molecule has 0 saturated heterocycles. The zero-order valence-corrected chi connectivity index (χ0v) is 22.3. The van der Waals surface area contributed by atoms with Gasteiger partial charge in [-0.25, -0.2) is 9.59 Å². The topological polar surface area (TPSA) is 133 Å². The van der Waals surface area contributed by atoms with Crippen LogP contribution in [0.5, 0.6) is 11.6 Å². The molecule has 5 aromatic rings. The third-order valence-corrected chi connectivity index (χ3v) is 7.09. The summed E-state index contributed by atoms with van der Waals surface area (Å²) in [6.07, 6.45) is 0.249. The van der Waals surface area contributed by atoms with Gasteiger partial charge in [-0.1, -0.05) is 31.5 Å². The molecule has 0 bridgehead atoms. The maximum absolute atomic E-state index is 12.3. The molecule has 2 aromatic heterocycles. The number of benzene rings is 3. The fraction of sp³-hybridized carbons (Fsp3) is 0.214. The molecule has 0 unspecified atom stereocenters. The number of carbonyl (C=O) groups excluding carboxylic acids is 1. The van der Waals surface area contributed by atoms with Crippen LogP contribution in [0.15, 0.2) is 60.7 Å². The Morgan fingerprint density at radius 1 is 1.05 bits per heavy atom. The lowest BCUT2D eigenvalue weighted by atomic mass is 10.0. The van der Waals surface area contributed by atoms with Crippen LogP contribution in [0, 0.1) is 0 Å². The number of methoxy groups -OCH3 is 1. The average molecular weight is 546 g/mol. The van der Waals surface area contributed by atoms with Crippen LogP contribution in [0.4, 0.5) is 15.3 Å². The molecule has 0 aliphatic heterocycles. The Morgan fingerprint density at radius 3 is 2.51 bits per heavy atom. The number of hydrogen-bond acceptors (Lipinski definition) is 7. The second-order valence-electron chi connectivity index (χ2n) is 8.99. The molecule has 39 heavy (non-hydrogen) atoms. The number of primary amides is 1. The predicted molar refractivity (Wildman–Crippen MR) is 151 cm³/mol. The van der Waals surface area contributed by atoms with Gasteiger partial charge >= 0.3 is 12.2 Å². The Labute approximate surface area is 228 Å². The zero-order chi connectivity index (χ0) is 27.5. The van der Waals surface area contributed by atoms with Crippen molar-refractivity contribution in [3.05, 3.63) is 66.2 Å². The van der Waals surface area contributed by atoms with Gasteiger partial charge in [-0.15, -0.1) is 0 Å². The minimum absolute atomic E-state index is 0.162. The molecule has 5 rings (SSSR count). The second-order valence-corrected chi connectivity index (χ2v) is 9.52. The molecule has 2 heterocycles. The van der Waals surface area contributed by atoms with Crippen molar-refractivity contribution in [3.8, 4) is 22.8 Å². The number of anilines is 1. The van der Waals surface area contributed by atoms with Gasteiger partial charge in [0.2, 0.25) is 5.88 Å². The summed E-state index contributed by atoms with van der Waals surface area (Å²) in [6, 6.07) is 18.0. The monoisotopic (exact) mass is 545 g/mol. The third kappa shape index (κ3) is 5.21. The quantitative estimate of drug-likeness (QED) is 0.213. The first-order valence-electron chi connectivity index (χ1n) is 12.4. The first kappa shape index (κ1) is 26.0. The summed E-state index contributed by atoms with van der Waals surface area (Å²) in [7, 11) is 1.58. The van der Waals surface area contributed by atoms with Crippen molar-refractivity contribution in [3.63, 3.8) is 0 Å². The highest BCUT2D eigenvalue weighted by Crippen LogP contribution is 2.43. The number of ether oxygens (including phenoxy) is 2. The number of carbonyl (C=O) groups is 2. The molecule has 0 fully saturated rings. The van der Waals surface area contributed by atoms with Crippen molar-refractivity contribution < 1.29 is 24.2 Å². The lowest BCUT2D eigenvalue weighted by Crippen LogP contribution is -2.36. The molecule has 0 atom stereocenters. The minimum Gasteiger partial charge on any atom is -0.497 e. The Balaban J connectivity index is 1.74. The van der Waals surface area contributed by atoms with Gasteiger partial charge in [-0.2, -0.15) is 8.75 Å². The van der Waals surface area contributed by atoms with E-state index in [0.29, 0.717) is 35.5 Å². The van der Waals surface area contributed by atoms with Gasteiger partial charge in [0.15, 0.2) is 0 Å². The molecule has 0 spiro atoms. The standard InChI is InChI=1S/C28H27N5O5S/c1-3-4-13-32(27(29)34)19-8-12-24-21(15-19)25(18-6-9-20(37-2)10-7-18)26(38-28(35)36)33(24)16-17-5-11-22-23(14-17)31-39-30-22/h5-12,14-15H,3-4,13,16H2,1-2H3,(H2,29,34)(H,35,36). The van der Waals surface area contributed by atoms with E-state index in [1.165, 1.54) is 4.90 Å². The molecule has 200 valence electrons. The van der Waals surface area contributed by atoms with Crippen LogP contribution in [-0.4, -0.2) is 44.3 Å². The van der Waals surface area contributed by atoms with Crippen LogP contribution in [-0.2, 0) is 6.54 Å². The molecule has 0 radical (unpaired) electrons. The van der Waals surface area contributed by atoms with Gasteiger partial charge in [-0.3, -0.25) is 4.90 Å². The number of carboxylic acid groups (broad SMARTS) is 1. The van der Waals surface area contributed by atoms with E-state index in [0.717, 1.165) is 52.2 Å². The van der Waals surface area contributed by atoms with Crippen molar-refractivity contribution in [2.75, 3.05) is 18.6 Å². The highest BCUT2D eigenvalue weighted by atomic mass is 32.1. The van der Waals surface area contributed by atoms with E-state index in [-0.39, 0.29) is 5.88 Å². The number of hydrogen-bond donors (Lipinski definition) is 2. The molecular weight excluding hydrogens is 518 g/mol. The second kappa shape index (κ2) is 11.0. The van der Waals surface area contributed by atoms with Crippen molar-refractivity contribution in [2.45, 2.75) is 26.3 Å². The fourth-order valence-electron chi connectivity index (χ4n) is 4.66. The van der Waals surface area contributed by atoms with Crippen molar-refractivity contribution >= 4 is 51.5 Å². The van der Waals surface area contributed by atoms with E-state index in [9.17, 15) is 14.7 Å².